The molecule has 1 saturated heterocycles. The second kappa shape index (κ2) is 5.72. The molecule has 1 unspecified atom stereocenters. The molecule has 0 radical (unpaired) electrons. The molecule has 1 aliphatic rings. The average Bonchev–Trinajstić information content (AvgIpc) is 3.09. The molecule has 0 aromatic carbocycles. The normalized spacial score (nSPS) is 24.1. The SMILES string of the molecule is OC1(Cn2ccnn2)CCCN(CCn2cccn2)C1. The summed E-state index contributed by atoms with van der Waals surface area (Å²) in [7, 11) is 0. The molecule has 0 bridgehead atoms. The summed E-state index contributed by atoms with van der Waals surface area (Å²) >= 11 is 0. The Morgan fingerprint density at radius 2 is 2.10 bits per heavy atom. The van der Waals surface area contributed by atoms with E-state index in [0.717, 1.165) is 32.5 Å². The summed E-state index contributed by atoms with van der Waals surface area (Å²) in [5.74, 6) is 0. The first kappa shape index (κ1) is 13.3. The quantitative estimate of drug-likeness (QED) is 0.832. The molecule has 1 fully saturated rings. The van der Waals surface area contributed by atoms with Gasteiger partial charge in [-0.3, -0.25) is 9.58 Å². The molecule has 2 aromatic heterocycles. The number of hydrogen-bond acceptors (Lipinski definition) is 5. The molecule has 108 valence electrons. The van der Waals surface area contributed by atoms with Crippen molar-refractivity contribution in [3.63, 3.8) is 0 Å². The molecule has 1 atom stereocenters. The molecule has 0 saturated carbocycles. The van der Waals surface area contributed by atoms with Crippen LogP contribution in [0.3, 0.4) is 0 Å². The Hall–Kier alpha value is -1.73. The van der Waals surface area contributed by atoms with Gasteiger partial charge in [-0.1, -0.05) is 5.21 Å². The lowest BCUT2D eigenvalue weighted by atomic mass is 9.93. The molecular formula is C13H20N6O. The van der Waals surface area contributed by atoms with Crippen LogP contribution >= 0.6 is 0 Å². The van der Waals surface area contributed by atoms with Gasteiger partial charge >= 0.3 is 0 Å². The van der Waals surface area contributed by atoms with Crippen molar-refractivity contribution in [2.45, 2.75) is 31.5 Å². The van der Waals surface area contributed by atoms with E-state index < -0.39 is 5.60 Å². The van der Waals surface area contributed by atoms with E-state index in [1.807, 2.05) is 16.9 Å². The van der Waals surface area contributed by atoms with E-state index >= 15 is 0 Å². The fourth-order valence-electron chi connectivity index (χ4n) is 2.82. The monoisotopic (exact) mass is 276 g/mol. The van der Waals surface area contributed by atoms with Crippen molar-refractivity contribution in [2.75, 3.05) is 19.6 Å². The van der Waals surface area contributed by atoms with Crippen LogP contribution in [0.1, 0.15) is 12.8 Å². The van der Waals surface area contributed by atoms with E-state index in [1.165, 1.54) is 0 Å². The van der Waals surface area contributed by atoms with Crippen LogP contribution in [0.2, 0.25) is 0 Å². The van der Waals surface area contributed by atoms with Crippen molar-refractivity contribution >= 4 is 0 Å². The largest absolute Gasteiger partial charge is 0.387 e. The standard InChI is InChI=1S/C13H20N6O/c20-13(12-19-8-5-14-16-19)3-1-6-17(11-13)9-10-18-7-2-4-15-18/h2,4-5,7-8,20H,1,3,6,9-12H2. The smallest absolute Gasteiger partial charge is 0.0969 e. The minimum absolute atomic E-state index is 0.505. The second-order valence-corrected chi connectivity index (χ2v) is 5.47. The highest BCUT2D eigenvalue weighted by Crippen LogP contribution is 2.22. The van der Waals surface area contributed by atoms with Crippen LogP contribution in [0.15, 0.2) is 30.9 Å². The van der Waals surface area contributed by atoms with Crippen molar-refractivity contribution in [3.05, 3.63) is 30.9 Å². The van der Waals surface area contributed by atoms with Gasteiger partial charge in [-0.25, -0.2) is 4.68 Å². The highest BCUT2D eigenvalue weighted by atomic mass is 16.3. The van der Waals surface area contributed by atoms with Crippen LogP contribution < -0.4 is 0 Å². The number of nitrogens with zero attached hydrogens (tertiary/aromatic N) is 6. The van der Waals surface area contributed by atoms with E-state index in [9.17, 15) is 5.11 Å². The van der Waals surface area contributed by atoms with Crippen molar-refractivity contribution in [2.24, 2.45) is 0 Å². The zero-order chi connectivity index (χ0) is 13.8. The van der Waals surface area contributed by atoms with Crippen LogP contribution in [0, 0.1) is 0 Å². The highest BCUT2D eigenvalue weighted by Gasteiger charge is 2.33. The lowest BCUT2D eigenvalue weighted by Crippen LogP contribution is -2.51. The first-order chi connectivity index (χ1) is 9.73. The summed E-state index contributed by atoms with van der Waals surface area (Å²) in [5, 5.41) is 22.6. The molecule has 2 aromatic rings. The maximum atomic E-state index is 10.7. The summed E-state index contributed by atoms with van der Waals surface area (Å²) in [5.41, 5.74) is -0.712. The van der Waals surface area contributed by atoms with E-state index in [0.29, 0.717) is 13.1 Å². The summed E-state index contributed by atoms with van der Waals surface area (Å²) in [6, 6.07) is 1.93. The van der Waals surface area contributed by atoms with E-state index in [1.54, 1.807) is 23.3 Å². The molecule has 7 heteroatoms. The lowest BCUT2D eigenvalue weighted by molar-refractivity contribution is -0.0463. The fraction of sp³-hybridized carbons (Fsp3) is 0.615. The van der Waals surface area contributed by atoms with Gasteiger partial charge in [0.1, 0.15) is 0 Å². The molecule has 1 N–H and O–H groups in total. The summed E-state index contributed by atoms with van der Waals surface area (Å²) in [6.07, 6.45) is 9.00. The van der Waals surface area contributed by atoms with Gasteiger partial charge in [0, 0.05) is 31.7 Å². The molecule has 3 rings (SSSR count). The average molecular weight is 276 g/mol. The van der Waals surface area contributed by atoms with Crippen molar-refractivity contribution in [1.29, 1.82) is 0 Å². The molecule has 20 heavy (non-hydrogen) atoms. The predicted octanol–water partition coefficient (Wildman–Crippen LogP) is 0.00170. The van der Waals surface area contributed by atoms with Gasteiger partial charge in [-0.15, -0.1) is 5.10 Å². The van der Waals surface area contributed by atoms with Crippen LogP contribution in [0.4, 0.5) is 0 Å². The van der Waals surface area contributed by atoms with Crippen LogP contribution in [-0.2, 0) is 13.1 Å². The Morgan fingerprint density at radius 1 is 1.15 bits per heavy atom. The van der Waals surface area contributed by atoms with E-state index in [2.05, 4.69) is 20.3 Å². The zero-order valence-corrected chi connectivity index (χ0v) is 11.5. The van der Waals surface area contributed by atoms with Crippen molar-refractivity contribution < 1.29 is 5.11 Å². The lowest BCUT2D eigenvalue weighted by Gasteiger charge is -2.39. The number of piperidine rings is 1. The van der Waals surface area contributed by atoms with Gasteiger partial charge in [0.15, 0.2) is 0 Å². The Morgan fingerprint density at radius 3 is 2.85 bits per heavy atom. The van der Waals surface area contributed by atoms with Crippen LogP contribution in [0.25, 0.3) is 0 Å². The zero-order valence-electron chi connectivity index (χ0n) is 11.5. The number of β-amino-alcohol motifs (C(OH)–C–C–N with tert-alkyl or cyclic N) is 1. The molecular weight excluding hydrogens is 256 g/mol. The van der Waals surface area contributed by atoms with Crippen molar-refractivity contribution in [1.82, 2.24) is 29.7 Å². The topological polar surface area (TPSA) is 72.0 Å². The molecule has 3 heterocycles. The van der Waals surface area contributed by atoms with Gasteiger partial charge in [-0.2, -0.15) is 5.10 Å². The third-order valence-electron chi connectivity index (χ3n) is 3.77. The molecule has 0 amide bonds. The molecule has 0 spiro atoms. The number of rotatable bonds is 5. The molecule has 7 nitrogen and oxygen atoms in total. The third kappa shape index (κ3) is 3.23. The predicted molar refractivity (Wildman–Crippen MR) is 72.9 cm³/mol. The number of hydrogen-bond donors (Lipinski definition) is 1. The minimum atomic E-state index is -0.712. The molecule has 0 aliphatic carbocycles. The van der Waals surface area contributed by atoms with Gasteiger partial charge in [0.2, 0.25) is 0 Å². The summed E-state index contributed by atoms with van der Waals surface area (Å²) in [4.78, 5) is 2.29. The van der Waals surface area contributed by atoms with Crippen LogP contribution in [0.5, 0.6) is 0 Å². The van der Waals surface area contributed by atoms with E-state index in [4.69, 9.17) is 0 Å². The fourth-order valence-corrected chi connectivity index (χ4v) is 2.82. The molecule has 1 aliphatic heterocycles. The Balaban J connectivity index is 1.55. The van der Waals surface area contributed by atoms with Crippen LogP contribution in [-0.4, -0.2) is 60.0 Å². The minimum Gasteiger partial charge on any atom is -0.387 e. The highest BCUT2D eigenvalue weighted by molar-refractivity contribution is 4.88. The number of aliphatic hydroxyl groups is 1. The van der Waals surface area contributed by atoms with Gasteiger partial charge in [0.25, 0.3) is 0 Å². The Bertz CT molecular complexity index is 511. The van der Waals surface area contributed by atoms with E-state index in [-0.39, 0.29) is 0 Å². The second-order valence-electron chi connectivity index (χ2n) is 5.47. The Labute approximate surface area is 117 Å². The summed E-state index contributed by atoms with van der Waals surface area (Å²) in [6.45, 7) is 3.97. The summed E-state index contributed by atoms with van der Waals surface area (Å²) < 4.78 is 3.63. The van der Waals surface area contributed by atoms with Gasteiger partial charge < -0.3 is 5.11 Å². The Kier molecular flexibility index (Phi) is 3.79. The number of aromatic nitrogens is 5. The first-order valence-corrected chi connectivity index (χ1v) is 7.00. The maximum absolute atomic E-state index is 10.7. The third-order valence-corrected chi connectivity index (χ3v) is 3.77. The first-order valence-electron chi connectivity index (χ1n) is 7.00. The maximum Gasteiger partial charge on any atom is 0.0969 e. The number of likely N-dealkylation sites (tertiary alicyclic amines) is 1. The van der Waals surface area contributed by atoms with Gasteiger partial charge in [-0.05, 0) is 25.5 Å². The van der Waals surface area contributed by atoms with Crippen molar-refractivity contribution in [3.8, 4) is 0 Å². The van der Waals surface area contributed by atoms with Gasteiger partial charge in [0.05, 0.1) is 24.9 Å².